The molecule has 0 aromatic heterocycles. The van der Waals surface area contributed by atoms with Gasteiger partial charge in [-0.3, -0.25) is 0 Å². The minimum Gasteiger partial charge on any atom is -0.314 e. The van der Waals surface area contributed by atoms with Gasteiger partial charge in [-0.2, -0.15) is 0 Å². The molecule has 0 aliphatic rings. The smallest absolute Gasteiger partial charge is 0.241 e. The van der Waals surface area contributed by atoms with Crippen molar-refractivity contribution in [3.8, 4) is 0 Å². The van der Waals surface area contributed by atoms with Crippen LogP contribution in [0.2, 0.25) is 19.1 Å². The van der Waals surface area contributed by atoms with E-state index in [1.165, 1.54) is 0 Å². The summed E-state index contributed by atoms with van der Waals surface area (Å²) in [5, 5.41) is 0. The van der Waals surface area contributed by atoms with Crippen LogP contribution in [0.3, 0.4) is 0 Å². The van der Waals surface area contributed by atoms with Crippen molar-refractivity contribution in [1.29, 1.82) is 0 Å². The van der Waals surface area contributed by atoms with Crippen LogP contribution in [0.25, 0.3) is 0 Å². The van der Waals surface area contributed by atoms with Gasteiger partial charge in [-0.15, -0.1) is 11.6 Å². The van der Waals surface area contributed by atoms with Crippen LogP contribution in [0.4, 0.5) is 4.11 Å². The molecule has 0 N–H and O–H groups in total. The first kappa shape index (κ1) is 8.44. The molecule has 0 atom stereocenters. The fourth-order valence-electron chi connectivity index (χ4n) is 0.487. The second kappa shape index (κ2) is 3.46. The molecule has 0 aliphatic heterocycles. The quantitative estimate of drug-likeness (QED) is 0.333. The Morgan fingerprint density at radius 3 is 2.12 bits per heavy atom. The SMILES string of the molecule is C[Si](C)(F)CCCCl. The Labute approximate surface area is 56.2 Å². The Hall–Kier alpha value is 0.437. The van der Waals surface area contributed by atoms with Crippen LogP contribution in [-0.2, 0) is 0 Å². The number of rotatable bonds is 3. The van der Waals surface area contributed by atoms with E-state index in [0.717, 1.165) is 6.42 Å². The highest BCUT2D eigenvalue weighted by atomic mass is 35.5. The second-order valence-electron chi connectivity index (χ2n) is 2.51. The van der Waals surface area contributed by atoms with Crippen molar-refractivity contribution in [2.45, 2.75) is 25.6 Å². The summed E-state index contributed by atoms with van der Waals surface area (Å²) in [6.45, 7) is 3.42. The molecule has 50 valence electrons. The van der Waals surface area contributed by atoms with Crippen LogP contribution in [0.15, 0.2) is 0 Å². The molecule has 0 unspecified atom stereocenters. The van der Waals surface area contributed by atoms with Crippen LogP contribution in [0.5, 0.6) is 0 Å². The lowest BCUT2D eigenvalue weighted by Crippen LogP contribution is -2.16. The zero-order chi connectivity index (χ0) is 6.62. The van der Waals surface area contributed by atoms with Crippen LogP contribution in [0, 0.1) is 0 Å². The third kappa shape index (κ3) is 6.44. The van der Waals surface area contributed by atoms with Gasteiger partial charge >= 0.3 is 0 Å². The summed E-state index contributed by atoms with van der Waals surface area (Å²) >= 11 is 5.36. The molecule has 0 saturated heterocycles. The number of alkyl halides is 1. The lowest BCUT2D eigenvalue weighted by molar-refractivity contribution is 0.775. The van der Waals surface area contributed by atoms with Crippen LogP contribution in [0.1, 0.15) is 6.42 Å². The van der Waals surface area contributed by atoms with E-state index in [-0.39, 0.29) is 0 Å². The van der Waals surface area contributed by atoms with Gasteiger partial charge in [0, 0.05) is 5.88 Å². The maximum Gasteiger partial charge on any atom is 0.241 e. The first-order valence-corrected chi connectivity index (χ1v) is 6.43. The maximum atomic E-state index is 12.7. The van der Waals surface area contributed by atoms with Gasteiger partial charge < -0.3 is 4.11 Å². The zero-order valence-electron chi connectivity index (χ0n) is 5.38. The van der Waals surface area contributed by atoms with Gasteiger partial charge in [-0.05, 0) is 25.6 Å². The van der Waals surface area contributed by atoms with Crippen molar-refractivity contribution in [3.05, 3.63) is 0 Å². The molecule has 0 aromatic carbocycles. The summed E-state index contributed by atoms with van der Waals surface area (Å²) in [4.78, 5) is 0. The Bertz CT molecular complexity index is 59.9. The minimum atomic E-state index is -2.26. The molecular weight excluding hydrogens is 143 g/mol. The van der Waals surface area contributed by atoms with Gasteiger partial charge in [0.15, 0.2) is 0 Å². The largest absolute Gasteiger partial charge is 0.314 e. The molecule has 0 spiro atoms. The van der Waals surface area contributed by atoms with Crippen LogP contribution < -0.4 is 0 Å². The van der Waals surface area contributed by atoms with Gasteiger partial charge in [-0.25, -0.2) is 0 Å². The predicted molar refractivity (Wildman–Crippen MR) is 38.7 cm³/mol. The van der Waals surface area contributed by atoms with E-state index in [0.29, 0.717) is 11.9 Å². The summed E-state index contributed by atoms with van der Waals surface area (Å²) in [5.74, 6) is 0.598. The fourth-order valence-corrected chi connectivity index (χ4v) is 1.86. The summed E-state index contributed by atoms with van der Waals surface area (Å²) in [6, 6.07) is 0.705. The van der Waals surface area contributed by atoms with Crippen molar-refractivity contribution in [1.82, 2.24) is 0 Å². The predicted octanol–water partition coefficient (Wildman–Crippen LogP) is 2.79. The molecule has 0 bridgehead atoms. The third-order valence-corrected chi connectivity index (χ3v) is 2.71. The molecule has 0 saturated carbocycles. The summed E-state index contributed by atoms with van der Waals surface area (Å²) in [5.41, 5.74) is 0. The lowest BCUT2D eigenvalue weighted by atomic mass is 10.6. The van der Waals surface area contributed by atoms with Crippen molar-refractivity contribution >= 4 is 20.0 Å². The van der Waals surface area contributed by atoms with E-state index in [1.807, 2.05) is 0 Å². The van der Waals surface area contributed by atoms with Gasteiger partial charge in [-0.1, -0.05) is 0 Å². The van der Waals surface area contributed by atoms with Crippen LogP contribution in [-0.4, -0.2) is 14.3 Å². The summed E-state index contributed by atoms with van der Waals surface area (Å²) in [6.07, 6.45) is 0.831. The first-order valence-electron chi connectivity index (χ1n) is 2.81. The Morgan fingerprint density at radius 1 is 1.50 bits per heavy atom. The summed E-state index contributed by atoms with van der Waals surface area (Å²) < 4.78 is 12.7. The van der Waals surface area contributed by atoms with Crippen molar-refractivity contribution in [2.75, 3.05) is 5.88 Å². The zero-order valence-corrected chi connectivity index (χ0v) is 7.13. The molecule has 0 amide bonds. The molecule has 3 heteroatoms. The van der Waals surface area contributed by atoms with Gasteiger partial charge in [0.25, 0.3) is 0 Å². The number of hydrogen-bond donors (Lipinski definition) is 0. The molecular formula is C5H12ClFSi. The van der Waals surface area contributed by atoms with Crippen molar-refractivity contribution in [3.63, 3.8) is 0 Å². The number of halogens is 2. The first-order chi connectivity index (χ1) is 3.56. The minimum absolute atomic E-state index is 0.598. The van der Waals surface area contributed by atoms with Crippen molar-refractivity contribution in [2.24, 2.45) is 0 Å². The highest BCUT2D eigenvalue weighted by molar-refractivity contribution is 6.70. The molecule has 0 radical (unpaired) electrons. The average Bonchev–Trinajstić information content (AvgIpc) is 1.59. The highest BCUT2D eigenvalue weighted by Crippen LogP contribution is 2.12. The molecule has 0 nitrogen and oxygen atoms in total. The Morgan fingerprint density at radius 2 is 2.00 bits per heavy atom. The normalized spacial score (nSPS) is 12.0. The summed E-state index contributed by atoms with van der Waals surface area (Å²) in [7, 11) is -2.26. The molecule has 8 heavy (non-hydrogen) atoms. The van der Waals surface area contributed by atoms with E-state index in [2.05, 4.69) is 0 Å². The Kier molecular flexibility index (Phi) is 3.65. The fraction of sp³-hybridized carbons (Fsp3) is 1.00. The van der Waals surface area contributed by atoms with Crippen LogP contribution >= 0.6 is 11.6 Å². The van der Waals surface area contributed by atoms with Gasteiger partial charge in [0.1, 0.15) is 0 Å². The van der Waals surface area contributed by atoms with E-state index in [1.54, 1.807) is 13.1 Å². The number of hydrogen-bond acceptors (Lipinski definition) is 0. The van der Waals surface area contributed by atoms with Gasteiger partial charge in [0.2, 0.25) is 8.41 Å². The Balaban J connectivity index is 3.11. The van der Waals surface area contributed by atoms with E-state index < -0.39 is 8.41 Å². The highest BCUT2D eigenvalue weighted by Gasteiger charge is 2.18. The topological polar surface area (TPSA) is 0 Å². The standard InChI is InChI=1S/C5H12ClFSi/c1-8(2,7)5-3-4-6/h3-5H2,1-2H3. The maximum absolute atomic E-state index is 12.7. The molecule has 0 heterocycles. The third-order valence-electron chi connectivity index (χ3n) is 0.905. The van der Waals surface area contributed by atoms with E-state index in [9.17, 15) is 4.11 Å². The lowest BCUT2D eigenvalue weighted by Gasteiger charge is -2.07. The monoisotopic (exact) mass is 154 g/mol. The van der Waals surface area contributed by atoms with E-state index in [4.69, 9.17) is 11.6 Å². The van der Waals surface area contributed by atoms with E-state index >= 15 is 0 Å². The average molecular weight is 155 g/mol. The van der Waals surface area contributed by atoms with Crippen molar-refractivity contribution < 1.29 is 4.11 Å². The molecule has 0 fully saturated rings. The second-order valence-corrected chi connectivity index (χ2v) is 6.83. The molecule has 0 aromatic rings. The molecule has 0 aliphatic carbocycles. The van der Waals surface area contributed by atoms with Gasteiger partial charge in [0.05, 0.1) is 0 Å². The molecule has 0 rings (SSSR count).